The second-order valence-electron chi connectivity index (χ2n) is 15.0. The van der Waals surface area contributed by atoms with Crippen LogP contribution in [0.25, 0.3) is 0 Å². The molecule has 10 unspecified atom stereocenters. The topological polar surface area (TPSA) is 20.2 Å². The van der Waals surface area contributed by atoms with Crippen molar-refractivity contribution in [3.63, 3.8) is 0 Å². The summed E-state index contributed by atoms with van der Waals surface area (Å²) in [5.74, 6) is 7.70. The summed E-state index contributed by atoms with van der Waals surface area (Å²) in [5, 5.41) is 10.3. The van der Waals surface area contributed by atoms with Crippen molar-refractivity contribution in [1.82, 2.24) is 0 Å². The summed E-state index contributed by atoms with van der Waals surface area (Å²) in [6, 6.07) is 0. The van der Waals surface area contributed by atoms with Crippen molar-refractivity contribution in [2.24, 2.45) is 69.0 Å². The molecule has 0 spiro atoms. The molecule has 6 saturated carbocycles. The summed E-state index contributed by atoms with van der Waals surface area (Å²) in [5.41, 5.74) is 1.96. The SMILES string of the molecule is CC1(C2(C)C3C4CCC5C6CCC(O)CC6CCC5C4CCC3C(C)(C)C2(C)C)CC1.Cl. The van der Waals surface area contributed by atoms with Gasteiger partial charge in [-0.15, -0.1) is 12.4 Å². The van der Waals surface area contributed by atoms with Gasteiger partial charge in [-0.2, -0.15) is 0 Å². The Kier molecular flexibility index (Phi) is 5.53. The van der Waals surface area contributed by atoms with Crippen LogP contribution in [0, 0.1) is 69.0 Å². The van der Waals surface area contributed by atoms with Crippen LogP contribution < -0.4 is 0 Å². The molecule has 10 atom stereocenters. The molecule has 1 N–H and O–H groups in total. The largest absolute Gasteiger partial charge is 0.393 e. The van der Waals surface area contributed by atoms with E-state index in [1.807, 2.05) is 0 Å². The maximum atomic E-state index is 10.3. The number of hydrogen-bond acceptors (Lipinski definition) is 1. The monoisotopic (exact) mass is 462 g/mol. The van der Waals surface area contributed by atoms with Crippen molar-refractivity contribution < 1.29 is 5.11 Å². The van der Waals surface area contributed by atoms with Crippen LogP contribution in [0.2, 0.25) is 0 Å². The molecule has 0 amide bonds. The molecule has 0 radical (unpaired) electrons. The maximum absolute atomic E-state index is 10.3. The molecule has 6 rings (SSSR count). The van der Waals surface area contributed by atoms with E-state index in [0.717, 1.165) is 60.2 Å². The molecule has 184 valence electrons. The number of fused-ring (bicyclic) bond motifs is 7. The minimum absolute atomic E-state index is 0. The van der Waals surface area contributed by atoms with Gasteiger partial charge in [0.05, 0.1) is 6.10 Å². The molecular weight excluding hydrogens is 412 g/mol. The number of halogens is 1. The van der Waals surface area contributed by atoms with Gasteiger partial charge in [0.2, 0.25) is 0 Å². The molecule has 0 aromatic heterocycles. The normalized spacial score (nSPS) is 54.3. The lowest BCUT2D eigenvalue weighted by molar-refractivity contribution is -0.115. The van der Waals surface area contributed by atoms with Crippen LogP contribution in [0.15, 0.2) is 0 Å². The third-order valence-corrected chi connectivity index (χ3v) is 14.4. The van der Waals surface area contributed by atoms with Crippen molar-refractivity contribution >= 4 is 12.4 Å². The third-order valence-electron chi connectivity index (χ3n) is 14.4. The molecule has 0 heterocycles. The van der Waals surface area contributed by atoms with E-state index >= 15 is 0 Å². The van der Waals surface area contributed by atoms with Gasteiger partial charge in [-0.25, -0.2) is 0 Å². The van der Waals surface area contributed by atoms with Crippen LogP contribution in [0.5, 0.6) is 0 Å². The van der Waals surface area contributed by atoms with Crippen molar-refractivity contribution in [2.45, 2.75) is 118 Å². The Balaban J connectivity index is 0.00000216. The first-order valence-electron chi connectivity index (χ1n) is 14.2. The van der Waals surface area contributed by atoms with Gasteiger partial charge in [-0.1, -0.05) is 41.5 Å². The van der Waals surface area contributed by atoms with Crippen LogP contribution >= 0.6 is 12.4 Å². The predicted molar refractivity (Wildman–Crippen MR) is 136 cm³/mol. The zero-order valence-corrected chi connectivity index (χ0v) is 22.6. The average Bonchev–Trinajstić information content (AvgIpc) is 3.47. The summed E-state index contributed by atoms with van der Waals surface area (Å²) in [7, 11) is 0. The van der Waals surface area contributed by atoms with Crippen LogP contribution in [0.1, 0.15) is 112 Å². The Morgan fingerprint density at radius 1 is 0.625 bits per heavy atom. The standard InChI is InChI=1S/C30H50O.ClH/c1-27(2)25-14-13-23-22-9-7-18-17-19(31)8-10-20(18)21(22)11-12-24(23)26(25)30(6,28(27,3)4)29(5)15-16-29;/h18-26,31H,7-17H2,1-6H3;1H. The summed E-state index contributed by atoms with van der Waals surface area (Å²) >= 11 is 0. The summed E-state index contributed by atoms with van der Waals surface area (Å²) in [6.45, 7) is 16.1. The fourth-order valence-corrected chi connectivity index (χ4v) is 11.7. The Morgan fingerprint density at radius 3 is 1.84 bits per heavy atom. The molecule has 32 heavy (non-hydrogen) atoms. The maximum Gasteiger partial charge on any atom is 0.0543 e. The Labute approximate surface area is 204 Å². The fourth-order valence-electron chi connectivity index (χ4n) is 11.7. The van der Waals surface area contributed by atoms with Gasteiger partial charge in [0.1, 0.15) is 0 Å². The Bertz CT molecular complexity index is 737. The molecular formula is C30H51ClO. The van der Waals surface area contributed by atoms with Crippen molar-refractivity contribution in [3.05, 3.63) is 0 Å². The molecule has 0 bridgehead atoms. The zero-order chi connectivity index (χ0) is 22.0. The first kappa shape index (κ1) is 24.0. The lowest BCUT2D eigenvalue weighted by Gasteiger charge is -2.60. The number of hydrogen-bond donors (Lipinski definition) is 1. The number of rotatable bonds is 1. The Hall–Kier alpha value is 0.250. The van der Waals surface area contributed by atoms with Crippen molar-refractivity contribution in [2.75, 3.05) is 0 Å². The van der Waals surface area contributed by atoms with E-state index in [1.54, 1.807) is 0 Å². The highest BCUT2D eigenvalue weighted by molar-refractivity contribution is 5.85. The van der Waals surface area contributed by atoms with E-state index in [-0.39, 0.29) is 18.5 Å². The summed E-state index contributed by atoms with van der Waals surface area (Å²) in [4.78, 5) is 0. The molecule has 6 aliphatic carbocycles. The highest BCUT2D eigenvalue weighted by Crippen LogP contribution is 2.82. The third kappa shape index (κ3) is 2.79. The average molecular weight is 463 g/mol. The summed E-state index contributed by atoms with van der Waals surface area (Å²) in [6.07, 6.45) is 15.5. The molecule has 0 aromatic rings. The smallest absolute Gasteiger partial charge is 0.0543 e. The molecule has 0 aromatic carbocycles. The quantitative estimate of drug-likeness (QED) is 0.416. The van der Waals surface area contributed by atoms with E-state index in [4.69, 9.17) is 0 Å². The zero-order valence-electron chi connectivity index (χ0n) is 21.8. The predicted octanol–water partition coefficient (Wildman–Crippen LogP) is 8.14. The van der Waals surface area contributed by atoms with E-state index in [9.17, 15) is 5.11 Å². The van der Waals surface area contributed by atoms with Crippen molar-refractivity contribution in [3.8, 4) is 0 Å². The number of aliphatic hydroxyl groups is 1. The van der Waals surface area contributed by atoms with Gasteiger partial charge in [0.15, 0.2) is 0 Å². The molecule has 6 aliphatic rings. The highest BCUT2D eigenvalue weighted by atomic mass is 35.5. The van der Waals surface area contributed by atoms with E-state index in [2.05, 4.69) is 41.5 Å². The molecule has 0 aliphatic heterocycles. The molecule has 1 nitrogen and oxygen atoms in total. The molecule has 0 saturated heterocycles. The molecule has 6 fully saturated rings. The van der Waals surface area contributed by atoms with Gasteiger partial charge < -0.3 is 5.11 Å². The van der Waals surface area contributed by atoms with Gasteiger partial charge >= 0.3 is 0 Å². The van der Waals surface area contributed by atoms with Gasteiger partial charge in [-0.05, 0) is 140 Å². The number of aliphatic hydroxyl groups excluding tert-OH is 1. The van der Waals surface area contributed by atoms with E-state index < -0.39 is 0 Å². The van der Waals surface area contributed by atoms with E-state index in [0.29, 0.717) is 21.7 Å². The lowest BCUT2D eigenvalue weighted by atomic mass is 9.45. The molecule has 2 heteroatoms. The Morgan fingerprint density at radius 2 is 1.16 bits per heavy atom. The second-order valence-corrected chi connectivity index (χ2v) is 15.0. The second kappa shape index (κ2) is 7.38. The highest BCUT2D eigenvalue weighted by Gasteiger charge is 2.75. The fraction of sp³-hybridized carbons (Fsp3) is 1.00. The van der Waals surface area contributed by atoms with Crippen LogP contribution in [-0.2, 0) is 0 Å². The van der Waals surface area contributed by atoms with Crippen molar-refractivity contribution in [1.29, 1.82) is 0 Å². The summed E-state index contributed by atoms with van der Waals surface area (Å²) < 4.78 is 0. The van der Waals surface area contributed by atoms with Gasteiger partial charge in [-0.3, -0.25) is 0 Å². The van der Waals surface area contributed by atoms with Gasteiger partial charge in [0, 0.05) is 0 Å². The first-order chi connectivity index (χ1) is 14.5. The van der Waals surface area contributed by atoms with E-state index in [1.165, 1.54) is 57.8 Å². The van der Waals surface area contributed by atoms with Crippen LogP contribution in [0.3, 0.4) is 0 Å². The lowest BCUT2D eigenvalue weighted by Crippen LogP contribution is -2.53. The minimum atomic E-state index is 0. The van der Waals surface area contributed by atoms with Crippen LogP contribution in [-0.4, -0.2) is 11.2 Å². The van der Waals surface area contributed by atoms with Crippen LogP contribution in [0.4, 0.5) is 0 Å². The minimum Gasteiger partial charge on any atom is -0.393 e. The van der Waals surface area contributed by atoms with Gasteiger partial charge in [0.25, 0.3) is 0 Å². The first-order valence-corrected chi connectivity index (χ1v) is 14.2.